The van der Waals surface area contributed by atoms with Crippen LogP contribution < -0.4 is 15.5 Å². The van der Waals surface area contributed by atoms with Crippen molar-refractivity contribution < 1.29 is 19.1 Å². The quantitative estimate of drug-likeness (QED) is 0.773. The lowest BCUT2D eigenvalue weighted by atomic mass is 10.1. The summed E-state index contributed by atoms with van der Waals surface area (Å²) < 4.78 is 5.45. The second-order valence-electron chi connectivity index (χ2n) is 4.48. The summed E-state index contributed by atoms with van der Waals surface area (Å²) in [6, 6.07) is 5.02. The van der Waals surface area contributed by atoms with E-state index in [9.17, 15) is 14.4 Å². The number of aryl methyl sites for hydroxylation is 2. The standard InChI is InChI=1S/C13H15N3O4/c1-8-4-3-5-9(2)12(8)20-7-11(18)15-16-6-10(17)14-13(16)19/h3-5H,6-7H2,1-2H3,(H,15,18)(H,14,17,19). The van der Waals surface area contributed by atoms with Gasteiger partial charge in [0.1, 0.15) is 12.3 Å². The van der Waals surface area contributed by atoms with Gasteiger partial charge in [-0.3, -0.25) is 20.3 Å². The topological polar surface area (TPSA) is 87.7 Å². The molecule has 106 valence electrons. The third kappa shape index (κ3) is 3.05. The minimum absolute atomic E-state index is 0.187. The highest BCUT2D eigenvalue weighted by Crippen LogP contribution is 2.21. The molecule has 0 spiro atoms. The zero-order valence-electron chi connectivity index (χ0n) is 11.2. The highest BCUT2D eigenvalue weighted by molar-refractivity contribution is 6.02. The molecule has 2 rings (SSSR count). The van der Waals surface area contributed by atoms with Gasteiger partial charge in [0, 0.05) is 0 Å². The summed E-state index contributed by atoms with van der Waals surface area (Å²) in [6.07, 6.45) is 0. The first kappa shape index (κ1) is 13.9. The molecule has 7 nitrogen and oxygen atoms in total. The number of hydrazine groups is 1. The fraction of sp³-hybridized carbons (Fsp3) is 0.308. The second kappa shape index (κ2) is 5.60. The highest BCUT2D eigenvalue weighted by Gasteiger charge is 2.28. The molecule has 1 saturated heterocycles. The molecule has 0 bridgehead atoms. The van der Waals surface area contributed by atoms with Gasteiger partial charge in [-0.15, -0.1) is 0 Å². The first-order chi connectivity index (χ1) is 9.47. The van der Waals surface area contributed by atoms with Gasteiger partial charge in [0.05, 0.1) is 0 Å². The van der Waals surface area contributed by atoms with E-state index in [1.807, 2.05) is 32.0 Å². The van der Waals surface area contributed by atoms with Gasteiger partial charge in [0.25, 0.3) is 5.91 Å². The maximum Gasteiger partial charge on any atom is 0.343 e. The summed E-state index contributed by atoms with van der Waals surface area (Å²) in [5.74, 6) is -0.312. The number of hydrogen-bond donors (Lipinski definition) is 2. The molecule has 20 heavy (non-hydrogen) atoms. The average Bonchev–Trinajstić information content (AvgIpc) is 2.67. The van der Waals surface area contributed by atoms with E-state index in [0.29, 0.717) is 5.75 Å². The summed E-state index contributed by atoms with van der Waals surface area (Å²) in [6.45, 7) is 3.34. The maximum absolute atomic E-state index is 11.7. The molecule has 7 heteroatoms. The molecule has 1 aromatic carbocycles. The number of ether oxygens (including phenoxy) is 1. The molecule has 2 N–H and O–H groups in total. The molecule has 1 heterocycles. The average molecular weight is 277 g/mol. The zero-order chi connectivity index (χ0) is 14.7. The number of amides is 4. The zero-order valence-corrected chi connectivity index (χ0v) is 11.2. The number of carbonyl (C=O) groups excluding carboxylic acids is 3. The van der Waals surface area contributed by atoms with Crippen LogP contribution in [0.3, 0.4) is 0 Å². The van der Waals surface area contributed by atoms with E-state index in [4.69, 9.17) is 4.74 Å². The van der Waals surface area contributed by atoms with Gasteiger partial charge in [0.2, 0.25) is 5.91 Å². The molecule has 4 amide bonds. The van der Waals surface area contributed by atoms with E-state index < -0.39 is 17.8 Å². The smallest absolute Gasteiger partial charge is 0.343 e. The summed E-state index contributed by atoms with van der Waals surface area (Å²) in [4.78, 5) is 33.9. The minimum Gasteiger partial charge on any atom is -0.483 e. The Kier molecular flexibility index (Phi) is 3.88. The first-order valence-corrected chi connectivity index (χ1v) is 6.07. The Morgan fingerprint density at radius 3 is 2.55 bits per heavy atom. The van der Waals surface area contributed by atoms with Crippen LogP contribution >= 0.6 is 0 Å². The van der Waals surface area contributed by atoms with Crippen LogP contribution in [0.15, 0.2) is 18.2 Å². The van der Waals surface area contributed by atoms with Crippen LogP contribution in [0.1, 0.15) is 11.1 Å². The van der Waals surface area contributed by atoms with E-state index in [1.54, 1.807) is 0 Å². The number of carbonyl (C=O) groups is 3. The van der Waals surface area contributed by atoms with Crippen molar-refractivity contribution in [3.63, 3.8) is 0 Å². The van der Waals surface area contributed by atoms with Crippen LogP contribution in [0.2, 0.25) is 0 Å². The molecule has 1 fully saturated rings. The molecule has 1 aromatic rings. The number of urea groups is 1. The van der Waals surface area contributed by atoms with Crippen LogP contribution in [0.4, 0.5) is 4.79 Å². The van der Waals surface area contributed by atoms with Crippen LogP contribution in [0, 0.1) is 13.8 Å². The second-order valence-corrected chi connectivity index (χ2v) is 4.48. The van der Waals surface area contributed by atoms with Crippen LogP contribution in [0.25, 0.3) is 0 Å². The monoisotopic (exact) mass is 277 g/mol. The Balaban J connectivity index is 1.90. The number of rotatable bonds is 4. The van der Waals surface area contributed by atoms with Crippen molar-refractivity contribution in [3.05, 3.63) is 29.3 Å². The van der Waals surface area contributed by atoms with E-state index in [1.165, 1.54) is 0 Å². The normalized spacial score (nSPS) is 14.2. The molecule has 0 aromatic heterocycles. The van der Waals surface area contributed by atoms with Crippen molar-refractivity contribution in [1.82, 2.24) is 15.8 Å². The van der Waals surface area contributed by atoms with Crippen molar-refractivity contribution in [2.24, 2.45) is 0 Å². The van der Waals surface area contributed by atoms with Crippen molar-refractivity contribution in [3.8, 4) is 5.75 Å². The van der Waals surface area contributed by atoms with Gasteiger partial charge in [0.15, 0.2) is 6.61 Å². The molecule has 1 aliphatic heterocycles. The van der Waals surface area contributed by atoms with Gasteiger partial charge in [-0.1, -0.05) is 18.2 Å². The van der Waals surface area contributed by atoms with Gasteiger partial charge in [-0.05, 0) is 25.0 Å². The number of benzene rings is 1. The third-order valence-electron chi connectivity index (χ3n) is 2.81. The van der Waals surface area contributed by atoms with Crippen molar-refractivity contribution in [1.29, 1.82) is 0 Å². The van der Waals surface area contributed by atoms with Crippen LogP contribution in [-0.4, -0.2) is 36.0 Å². The Bertz CT molecular complexity index is 550. The lowest BCUT2D eigenvalue weighted by molar-refractivity contribution is -0.127. The van der Waals surface area contributed by atoms with Crippen LogP contribution in [0.5, 0.6) is 5.75 Å². The molecule has 0 aliphatic carbocycles. The van der Waals surface area contributed by atoms with Gasteiger partial charge >= 0.3 is 6.03 Å². The lowest BCUT2D eigenvalue weighted by Crippen LogP contribution is -2.46. The number of hydrogen-bond acceptors (Lipinski definition) is 4. The Morgan fingerprint density at radius 2 is 2.00 bits per heavy atom. The summed E-state index contributed by atoms with van der Waals surface area (Å²) in [5.41, 5.74) is 4.15. The van der Waals surface area contributed by atoms with Gasteiger partial charge < -0.3 is 4.74 Å². The fourth-order valence-electron chi connectivity index (χ4n) is 1.88. The Hall–Kier alpha value is -2.57. The molecule has 0 atom stereocenters. The fourth-order valence-corrected chi connectivity index (χ4v) is 1.88. The highest BCUT2D eigenvalue weighted by atomic mass is 16.5. The molecule has 0 saturated carbocycles. The molecule has 0 radical (unpaired) electrons. The number of nitrogens with zero attached hydrogens (tertiary/aromatic N) is 1. The Morgan fingerprint density at radius 1 is 1.35 bits per heavy atom. The van der Waals surface area contributed by atoms with Crippen molar-refractivity contribution in [2.45, 2.75) is 13.8 Å². The number of nitrogens with one attached hydrogen (secondary N) is 2. The molecular formula is C13H15N3O4. The van der Waals surface area contributed by atoms with E-state index >= 15 is 0 Å². The predicted octanol–water partition coefficient (Wildman–Crippen LogP) is 0.265. The summed E-state index contributed by atoms with van der Waals surface area (Å²) >= 11 is 0. The number of para-hydroxylation sites is 1. The SMILES string of the molecule is Cc1cccc(C)c1OCC(=O)NN1CC(=O)NC1=O. The predicted molar refractivity (Wildman–Crippen MR) is 69.8 cm³/mol. The molecule has 1 aliphatic rings. The minimum atomic E-state index is -0.643. The molecule has 0 unspecified atom stereocenters. The van der Waals surface area contributed by atoms with Crippen LogP contribution in [-0.2, 0) is 9.59 Å². The maximum atomic E-state index is 11.7. The third-order valence-corrected chi connectivity index (χ3v) is 2.81. The first-order valence-electron chi connectivity index (χ1n) is 6.07. The van der Waals surface area contributed by atoms with Crippen molar-refractivity contribution >= 4 is 17.8 Å². The van der Waals surface area contributed by atoms with Crippen molar-refractivity contribution in [2.75, 3.05) is 13.2 Å². The van der Waals surface area contributed by atoms with E-state index in [2.05, 4.69) is 10.7 Å². The largest absolute Gasteiger partial charge is 0.483 e. The number of imide groups is 1. The van der Waals surface area contributed by atoms with E-state index in [0.717, 1.165) is 16.1 Å². The molecular weight excluding hydrogens is 262 g/mol. The summed E-state index contributed by atoms with van der Waals surface area (Å²) in [7, 11) is 0. The summed E-state index contributed by atoms with van der Waals surface area (Å²) in [5, 5.41) is 2.97. The lowest BCUT2D eigenvalue weighted by Gasteiger charge is -2.16. The van der Waals surface area contributed by atoms with E-state index in [-0.39, 0.29) is 13.2 Å². The Labute approximate surface area is 115 Å². The van der Waals surface area contributed by atoms with Gasteiger partial charge in [-0.2, -0.15) is 0 Å². The van der Waals surface area contributed by atoms with Gasteiger partial charge in [-0.25, -0.2) is 9.80 Å².